The van der Waals surface area contributed by atoms with E-state index in [1.54, 1.807) is 0 Å². The van der Waals surface area contributed by atoms with E-state index < -0.39 is 0 Å². The molecule has 27 heavy (non-hydrogen) atoms. The van der Waals surface area contributed by atoms with Crippen LogP contribution in [0.3, 0.4) is 0 Å². The summed E-state index contributed by atoms with van der Waals surface area (Å²) < 4.78 is 5.34. The lowest BCUT2D eigenvalue weighted by Gasteiger charge is -2.19. The molecule has 0 aliphatic rings. The molecule has 1 N–H and O–H groups in total. The number of amides is 1. The lowest BCUT2D eigenvalue weighted by molar-refractivity contribution is 0.0932. The van der Waals surface area contributed by atoms with Gasteiger partial charge in [0.2, 0.25) is 11.7 Å². The summed E-state index contributed by atoms with van der Waals surface area (Å²) in [5, 5.41) is 6.93. The summed E-state index contributed by atoms with van der Waals surface area (Å²) in [7, 11) is 0. The van der Waals surface area contributed by atoms with Crippen LogP contribution < -0.4 is 5.32 Å². The number of nitrogens with zero attached hydrogens (tertiary/aromatic N) is 2. The lowest BCUT2D eigenvalue weighted by Crippen LogP contribution is -2.27. The third kappa shape index (κ3) is 4.42. The summed E-state index contributed by atoms with van der Waals surface area (Å²) in [4.78, 5) is 16.9. The van der Waals surface area contributed by atoms with Gasteiger partial charge >= 0.3 is 0 Å². The van der Waals surface area contributed by atoms with Crippen molar-refractivity contribution in [3.05, 3.63) is 71.1 Å². The van der Waals surface area contributed by atoms with Gasteiger partial charge in [0, 0.05) is 11.1 Å². The number of aromatic nitrogens is 2. The van der Waals surface area contributed by atoms with Crippen molar-refractivity contribution >= 4 is 5.91 Å². The van der Waals surface area contributed by atoms with Crippen LogP contribution in [-0.2, 0) is 5.41 Å². The van der Waals surface area contributed by atoms with Crippen molar-refractivity contribution in [2.75, 3.05) is 0 Å². The number of carbonyl (C=O) groups excluding carboxylic acids is 1. The number of rotatable bonds is 4. The van der Waals surface area contributed by atoms with Gasteiger partial charge in [-0.05, 0) is 37.0 Å². The Balaban J connectivity index is 1.69. The molecule has 1 unspecified atom stereocenters. The molecule has 3 aromatic rings. The maximum absolute atomic E-state index is 12.5. The Morgan fingerprint density at radius 3 is 2.26 bits per heavy atom. The molecule has 1 atom stereocenters. The molecule has 0 saturated carbocycles. The van der Waals surface area contributed by atoms with E-state index in [9.17, 15) is 4.79 Å². The van der Waals surface area contributed by atoms with Crippen LogP contribution in [-0.4, -0.2) is 16.0 Å². The van der Waals surface area contributed by atoms with Crippen LogP contribution in [0.4, 0.5) is 0 Å². The van der Waals surface area contributed by atoms with Crippen molar-refractivity contribution in [3.8, 4) is 11.4 Å². The summed E-state index contributed by atoms with van der Waals surface area (Å²) in [6.45, 7) is 10.3. The van der Waals surface area contributed by atoms with Gasteiger partial charge in [-0.1, -0.05) is 67.9 Å². The van der Waals surface area contributed by atoms with Crippen molar-refractivity contribution in [3.63, 3.8) is 0 Å². The van der Waals surface area contributed by atoms with Crippen molar-refractivity contribution in [2.24, 2.45) is 0 Å². The molecule has 0 spiro atoms. The quantitative estimate of drug-likeness (QED) is 0.720. The van der Waals surface area contributed by atoms with Crippen LogP contribution in [0.2, 0.25) is 0 Å². The topological polar surface area (TPSA) is 68.0 Å². The molecule has 1 aromatic heterocycles. The average molecular weight is 363 g/mol. The summed E-state index contributed by atoms with van der Waals surface area (Å²) in [6, 6.07) is 15.2. The molecule has 0 bridgehead atoms. The normalized spacial score (nSPS) is 12.6. The SMILES string of the molecule is Cc1ccc(-c2noc(C(C)NC(=O)c3ccc(C(C)(C)C)cc3)n2)cc1. The van der Waals surface area contributed by atoms with Gasteiger partial charge in [0.25, 0.3) is 5.91 Å². The second kappa shape index (κ2) is 7.35. The molecule has 0 radical (unpaired) electrons. The van der Waals surface area contributed by atoms with Crippen molar-refractivity contribution in [2.45, 2.75) is 46.1 Å². The summed E-state index contributed by atoms with van der Waals surface area (Å²) >= 11 is 0. The molecule has 5 nitrogen and oxygen atoms in total. The van der Waals surface area contributed by atoms with E-state index in [2.05, 4.69) is 36.2 Å². The molecule has 5 heteroatoms. The van der Waals surface area contributed by atoms with E-state index >= 15 is 0 Å². The molecular weight excluding hydrogens is 338 g/mol. The van der Waals surface area contributed by atoms with E-state index in [-0.39, 0.29) is 17.4 Å². The first-order chi connectivity index (χ1) is 12.7. The highest BCUT2D eigenvalue weighted by atomic mass is 16.5. The number of hydrogen-bond donors (Lipinski definition) is 1. The van der Waals surface area contributed by atoms with Crippen molar-refractivity contribution in [1.29, 1.82) is 0 Å². The molecule has 1 amide bonds. The van der Waals surface area contributed by atoms with Crippen LogP contribution in [0.15, 0.2) is 53.1 Å². The zero-order valence-corrected chi connectivity index (χ0v) is 16.4. The molecule has 140 valence electrons. The first kappa shape index (κ1) is 18.8. The maximum Gasteiger partial charge on any atom is 0.251 e. The Labute approximate surface area is 159 Å². The first-order valence-corrected chi connectivity index (χ1v) is 9.06. The van der Waals surface area contributed by atoms with E-state index in [1.165, 1.54) is 11.1 Å². The van der Waals surface area contributed by atoms with Gasteiger partial charge in [0.1, 0.15) is 6.04 Å². The molecule has 0 aliphatic carbocycles. The fourth-order valence-corrected chi connectivity index (χ4v) is 2.69. The largest absolute Gasteiger partial charge is 0.341 e. The summed E-state index contributed by atoms with van der Waals surface area (Å²) in [6.07, 6.45) is 0. The second-order valence-corrected chi connectivity index (χ2v) is 7.84. The van der Waals surface area contributed by atoms with Gasteiger partial charge < -0.3 is 9.84 Å². The van der Waals surface area contributed by atoms with Gasteiger partial charge in [-0.25, -0.2) is 0 Å². The summed E-state index contributed by atoms with van der Waals surface area (Å²) in [5.41, 5.74) is 3.89. The van der Waals surface area contributed by atoms with E-state index in [1.807, 2.05) is 62.4 Å². The van der Waals surface area contributed by atoms with Gasteiger partial charge in [-0.15, -0.1) is 0 Å². The van der Waals surface area contributed by atoms with Crippen LogP contribution in [0.5, 0.6) is 0 Å². The fraction of sp³-hybridized carbons (Fsp3) is 0.318. The lowest BCUT2D eigenvalue weighted by atomic mass is 9.86. The van der Waals surface area contributed by atoms with Crippen molar-refractivity contribution < 1.29 is 9.32 Å². The van der Waals surface area contributed by atoms with Crippen LogP contribution in [0.25, 0.3) is 11.4 Å². The highest BCUT2D eigenvalue weighted by Gasteiger charge is 2.19. The Hall–Kier alpha value is -2.95. The van der Waals surface area contributed by atoms with Gasteiger partial charge in [0.15, 0.2) is 0 Å². The molecule has 0 fully saturated rings. The maximum atomic E-state index is 12.5. The minimum atomic E-state index is -0.383. The monoisotopic (exact) mass is 363 g/mol. The number of carbonyl (C=O) groups is 1. The average Bonchev–Trinajstić information content (AvgIpc) is 3.12. The third-order valence-corrected chi connectivity index (χ3v) is 4.48. The molecule has 0 saturated heterocycles. The number of benzene rings is 2. The first-order valence-electron chi connectivity index (χ1n) is 9.06. The van der Waals surface area contributed by atoms with Crippen molar-refractivity contribution in [1.82, 2.24) is 15.5 Å². The molecule has 3 rings (SSSR count). The highest BCUT2D eigenvalue weighted by Crippen LogP contribution is 2.23. The number of aryl methyl sites for hydroxylation is 1. The van der Waals surface area contributed by atoms with Gasteiger partial charge in [-0.2, -0.15) is 4.98 Å². The molecule has 1 heterocycles. The highest BCUT2D eigenvalue weighted by molar-refractivity contribution is 5.94. The third-order valence-electron chi connectivity index (χ3n) is 4.48. The Bertz CT molecular complexity index is 919. The second-order valence-electron chi connectivity index (χ2n) is 7.84. The van der Waals surface area contributed by atoms with E-state index in [0.29, 0.717) is 17.3 Å². The Kier molecular flexibility index (Phi) is 5.13. The van der Waals surface area contributed by atoms with Crippen LogP contribution in [0.1, 0.15) is 61.1 Å². The number of hydrogen-bond acceptors (Lipinski definition) is 4. The Morgan fingerprint density at radius 1 is 1.04 bits per heavy atom. The zero-order valence-electron chi connectivity index (χ0n) is 16.4. The molecular formula is C22H25N3O2. The smallest absolute Gasteiger partial charge is 0.251 e. The molecule has 2 aromatic carbocycles. The zero-order chi connectivity index (χ0) is 19.6. The fourth-order valence-electron chi connectivity index (χ4n) is 2.69. The minimum Gasteiger partial charge on any atom is -0.341 e. The standard InChI is InChI=1S/C22H25N3O2/c1-14-6-8-16(9-7-14)19-24-21(27-25-19)15(2)23-20(26)17-10-12-18(13-11-17)22(3,4)5/h6-13,15H,1-5H3,(H,23,26). The van der Waals surface area contributed by atoms with E-state index in [4.69, 9.17) is 4.52 Å². The van der Waals surface area contributed by atoms with Gasteiger partial charge in [-0.3, -0.25) is 4.79 Å². The summed E-state index contributed by atoms with van der Waals surface area (Å²) in [5.74, 6) is 0.726. The minimum absolute atomic E-state index is 0.0540. The van der Waals surface area contributed by atoms with E-state index in [0.717, 1.165) is 5.56 Å². The van der Waals surface area contributed by atoms with Gasteiger partial charge in [0.05, 0.1) is 0 Å². The number of nitrogens with one attached hydrogen (secondary N) is 1. The molecule has 0 aliphatic heterocycles. The predicted octanol–water partition coefficient (Wildman–Crippen LogP) is 4.83. The van der Waals surface area contributed by atoms with Crippen LogP contribution in [0, 0.1) is 6.92 Å². The Morgan fingerprint density at radius 2 is 1.67 bits per heavy atom. The predicted molar refractivity (Wildman–Crippen MR) is 105 cm³/mol. The van der Waals surface area contributed by atoms with Crippen LogP contribution >= 0.6 is 0 Å².